The minimum Gasteiger partial charge on any atom is -0.508 e. The third kappa shape index (κ3) is 3.51. The second kappa shape index (κ2) is 4.14. The Morgan fingerprint density at radius 3 is 2.71 bits per heavy atom. The van der Waals surface area contributed by atoms with Crippen LogP contribution < -0.4 is 5.14 Å². The molecule has 3 N–H and O–H groups in total. The fourth-order valence-corrected chi connectivity index (χ4v) is 1.30. The lowest BCUT2D eigenvalue weighted by molar-refractivity contribution is 0.302. The molecule has 0 heterocycles. The molecule has 1 aromatic carbocycles. The SMILES string of the molecule is NS(=O)(=O)OCc1cc(Cl)ccc1O. The first-order chi connectivity index (χ1) is 6.38. The van der Waals surface area contributed by atoms with Crippen molar-refractivity contribution >= 4 is 21.9 Å². The number of hydrogen-bond acceptors (Lipinski definition) is 4. The van der Waals surface area contributed by atoms with E-state index in [0.717, 1.165) is 0 Å². The maximum Gasteiger partial charge on any atom is 0.333 e. The van der Waals surface area contributed by atoms with Gasteiger partial charge in [-0.1, -0.05) is 11.6 Å². The highest BCUT2D eigenvalue weighted by Crippen LogP contribution is 2.22. The Labute approximate surface area is 86.3 Å². The lowest BCUT2D eigenvalue weighted by atomic mass is 10.2. The summed E-state index contributed by atoms with van der Waals surface area (Å²) in [6.07, 6.45) is 0. The minimum absolute atomic E-state index is 0.0990. The number of aromatic hydroxyl groups is 1. The van der Waals surface area contributed by atoms with E-state index in [0.29, 0.717) is 5.02 Å². The Bertz CT molecular complexity index is 431. The molecule has 0 saturated carbocycles. The van der Waals surface area contributed by atoms with E-state index in [1.807, 2.05) is 0 Å². The molecule has 0 aliphatic carbocycles. The van der Waals surface area contributed by atoms with E-state index in [1.165, 1.54) is 18.2 Å². The third-order valence-corrected chi connectivity index (χ3v) is 2.10. The molecule has 1 aromatic rings. The van der Waals surface area contributed by atoms with Crippen LogP contribution in [0.15, 0.2) is 18.2 Å². The molecular weight excluding hydrogens is 230 g/mol. The summed E-state index contributed by atoms with van der Waals surface area (Å²) in [6.45, 7) is -0.342. The first-order valence-electron chi connectivity index (χ1n) is 3.53. The average molecular weight is 238 g/mol. The molecule has 0 aromatic heterocycles. The topological polar surface area (TPSA) is 89.6 Å². The summed E-state index contributed by atoms with van der Waals surface area (Å²) < 4.78 is 25.2. The van der Waals surface area contributed by atoms with Gasteiger partial charge in [-0.2, -0.15) is 8.42 Å². The van der Waals surface area contributed by atoms with Crippen LogP contribution in [0.25, 0.3) is 0 Å². The highest BCUT2D eigenvalue weighted by molar-refractivity contribution is 7.84. The zero-order chi connectivity index (χ0) is 10.8. The molecule has 78 valence electrons. The van der Waals surface area contributed by atoms with Gasteiger partial charge in [-0.05, 0) is 18.2 Å². The molecule has 14 heavy (non-hydrogen) atoms. The molecule has 0 amide bonds. The number of phenols is 1. The van der Waals surface area contributed by atoms with Gasteiger partial charge in [0.05, 0.1) is 6.61 Å². The number of nitrogens with two attached hydrogens (primary N) is 1. The molecule has 0 aliphatic rings. The number of phenolic OH excluding ortho intramolecular Hbond substituents is 1. The second-order valence-corrected chi connectivity index (χ2v) is 4.19. The van der Waals surface area contributed by atoms with Crippen LogP contribution in [0.1, 0.15) is 5.56 Å². The molecule has 0 saturated heterocycles. The summed E-state index contributed by atoms with van der Waals surface area (Å²) in [6, 6.07) is 4.20. The summed E-state index contributed by atoms with van der Waals surface area (Å²) in [5, 5.41) is 14.2. The Morgan fingerprint density at radius 1 is 1.50 bits per heavy atom. The van der Waals surface area contributed by atoms with E-state index in [-0.39, 0.29) is 17.9 Å². The number of hydrogen-bond donors (Lipinski definition) is 2. The lowest BCUT2D eigenvalue weighted by Gasteiger charge is -2.04. The average Bonchev–Trinajstić information content (AvgIpc) is 2.05. The van der Waals surface area contributed by atoms with E-state index in [9.17, 15) is 13.5 Å². The highest BCUT2D eigenvalue weighted by atomic mass is 35.5. The van der Waals surface area contributed by atoms with Gasteiger partial charge in [-0.25, -0.2) is 5.14 Å². The van der Waals surface area contributed by atoms with E-state index in [2.05, 4.69) is 9.32 Å². The van der Waals surface area contributed by atoms with E-state index < -0.39 is 10.3 Å². The van der Waals surface area contributed by atoms with Gasteiger partial charge in [-0.15, -0.1) is 0 Å². The number of rotatable bonds is 3. The van der Waals surface area contributed by atoms with Crippen LogP contribution >= 0.6 is 11.6 Å². The van der Waals surface area contributed by atoms with Crippen molar-refractivity contribution in [2.24, 2.45) is 5.14 Å². The van der Waals surface area contributed by atoms with Gasteiger partial charge >= 0.3 is 10.3 Å². The summed E-state index contributed by atoms with van der Waals surface area (Å²) in [4.78, 5) is 0. The van der Waals surface area contributed by atoms with Gasteiger partial charge in [0.1, 0.15) is 5.75 Å². The standard InChI is InChI=1S/C7H8ClNO4S/c8-6-1-2-7(10)5(3-6)4-13-14(9,11)12/h1-3,10H,4H2,(H2,9,11,12). The van der Waals surface area contributed by atoms with Crippen molar-refractivity contribution in [3.63, 3.8) is 0 Å². The number of benzene rings is 1. The van der Waals surface area contributed by atoms with Crippen LogP contribution in [0.2, 0.25) is 5.02 Å². The quantitative estimate of drug-likeness (QED) is 0.812. The van der Waals surface area contributed by atoms with Gasteiger partial charge < -0.3 is 5.11 Å². The van der Waals surface area contributed by atoms with E-state index in [4.69, 9.17) is 11.6 Å². The van der Waals surface area contributed by atoms with Crippen LogP contribution in [0.4, 0.5) is 0 Å². The first-order valence-corrected chi connectivity index (χ1v) is 5.38. The molecule has 0 radical (unpaired) electrons. The Hall–Kier alpha value is -0.820. The van der Waals surface area contributed by atoms with Gasteiger partial charge in [0.25, 0.3) is 0 Å². The smallest absolute Gasteiger partial charge is 0.333 e. The maximum absolute atomic E-state index is 10.4. The summed E-state index contributed by atoms with van der Waals surface area (Å²) in [5.74, 6) is -0.0990. The zero-order valence-corrected chi connectivity index (χ0v) is 8.55. The van der Waals surface area contributed by atoms with Crippen LogP contribution in [-0.2, 0) is 21.1 Å². The lowest BCUT2D eigenvalue weighted by Crippen LogP contribution is -2.15. The van der Waals surface area contributed by atoms with Gasteiger partial charge in [0.15, 0.2) is 0 Å². The van der Waals surface area contributed by atoms with Crippen LogP contribution in [-0.4, -0.2) is 13.5 Å². The Balaban J connectivity index is 2.81. The Morgan fingerprint density at radius 2 is 2.14 bits per heavy atom. The summed E-state index contributed by atoms with van der Waals surface area (Å²) in [7, 11) is -4.01. The maximum atomic E-state index is 10.4. The van der Waals surface area contributed by atoms with Crippen LogP contribution in [0, 0.1) is 0 Å². The highest BCUT2D eigenvalue weighted by Gasteiger charge is 2.07. The summed E-state index contributed by atoms with van der Waals surface area (Å²) >= 11 is 5.62. The molecule has 0 atom stereocenters. The monoisotopic (exact) mass is 237 g/mol. The van der Waals surface area contributed by atoms with Crippen molar-refractivity contribution in [2.75, 3.05) is 0 Å². The van der Waals surface area contributed by atoms with E-state index >= 15 is 0 Å². The third-order valence-electron chi connectivity index (χ3n) is 1.42. The fraction of sp³-hybridized carbons (Fsp3) is 0.143. The molecule has 0 bridgehead atoms. The second-order valence-electron chi connectivity index (χ2n) is 2.53. The first kappa shape index (κ1) is 11.3. The van der Waals surface area contributed by atoms with Crippen molar-refractivity contribution in [3.8, 4) is 5.75 Å². The van der Waals surface area contributed by atoms with E-state index in [1.54, 1.807) is 0 Å². The molecule has 0 spiro atoms. The molecule has 0 unspecified atom stereocenters. The number of halogens is 1. The minimum atomic E-state index is -4.01. The molecule has 5 nitrogen and oxygen atoms in total. The van der Waals surface area contributed by atoms with Crippen molar-refractivity contribution in [1.29, 1.82) is 0 Å². The predicted molar refractivity (Wildman–Crippen MR) is 51.0 cm³/mol. The Kier molecular flexibility index (Phi) is 3.33. The molecule has 7 heteroatoms. The molecule has 0 fully saturated rings. The van der Waals surface area contributed by atoms with Crippen molar-refractivity contribution in [3.05, 3.63) is 28.8 Å². The normalized spacial score (nSPS) is 11.6. The van der Waals surface area contributed by atoms with Gasteiger partial charge in [0, 0.05) is 10.6 Å². The van der Waals surface area contributed by atoms with Crippen molar-refractivity contribution < 1.29 is 17.7 Å². The van der Waals surface area contributed by atoms with Crippen molar-refractivity contribution in [2.45, 2.75) is 6.61 Å². The van der Waals surface area contributed by atoms with Crippen LogP contribution in [0.3, 0.4) is 0 Å². The molecule has 0 aliphatic heterocycles. The van der Waals surface area contributed by atoms with Gasteiger partial charge in [0.2, 0.25) is 0 Å². The predicted octanol–water partition coefficient (Wildman–Crippen LogP) is 0.766. The molecule has 1 rings (SSSR count). The van der Waals surface area contributed by atoms with Crippen molar-refractivity contribution in [1.82, 2.24) is 0 Å². The summed E-state index contributed by atoms with van der Waals surface area (Å²) in [5.41, 5.74) is 0.256. The largest absolute Gasteiger partial charge is 0.508 e. The zero-order valence-electron chi connectivity index (χ0n) is 6.97. The molecular formula is C7H8ClNO4S. The van der Waals surface area contributed by atoms with Gasteiger partial charge in [-0.3, -0.25) is 4.18 Å². The van der Waals surface area contributed by atoms with Crippen LogP contribution in [0.5, 0.6) is 5.75 Å². The fourth-order valence-electron chi connectivity index (χ4n) is 0.815.